The molecule has 0 saturated heterocycles. The molecule has 37 heavy (non-hydrogen) atoms. The van der Waals surface area contributed by atoms with Crippen LogP contribution in [-0.2, 0) is 28.8 Å². The van der Waals surface area contributed by atoms with E-state index < -0.39 is 47.7 Å². The van der Waals surface area contributed by atoms with Gasteiger partial charge in [-0.2, -0.15) is 0 Å². The van der Waals surface area contributed by atoms with Crippen LogP contribution in [0, 0.1) is 0 Å². The number of hydroxylamine groups is 6. The first-order chi connectivity index (χ1) is 17.2. The second-order valence-electron chi connectivity index (χ2n) is 8.69. The van der Waals surface area contributed by atoms with Gasteiger partial charge >= 0.3 is 0 Å². The number of hydrogen-bond acceptors (Lipinski definition) is 10. The van der Waals surface area contributed by atoms with E-state index in [0.29, 0.717) is 15.2 Å². The van der Waals surface area contributed by atoms with Crippen molar-refractivity contribution in [2.24, 2.45) is 5.73 Å². The molecule has 7 N–H and O–H groups in total. The summed E-state index contributed by atoms with van der Waals surface area (Å²) in [6, 6.07) is -3.17. The molecule has 0 aliphatic rings. The summed E-state index contributed by atoms with van der Waals surface area (Å²) in [5.74, 6) is -3.49. The molecule has 0 rings (SSSR count). The van der Waals surface area contributed by atoms with Gasteiger partial charge in [-0.05, 0) is 45.4 Å². The summed E-state index contributed by atoms with van der Waals surface area (Å²) in [7, 11) is 0. The van der Waals surface area contributed by atoms with Crippen LogP contribution in [0.15, 0.2) is 0 Å². The monoisotopic (exact) mass is 532 g/mol. The molecular formula is C22H40N6O9. The van der Waals surface area contributed by atoms with Crippen molar-refractivity contribution in [3.63, 3.8) is 0 Å². The molecule has 0 aromatic carbocycles. The van der Waals surface area contributed by atoms with Crippen LogP contribution in [-0.4, -0.2) is 104 Å². The van der Waals surface area contributed by atoms with Gasteiger partial charge in [-0.1, -0.05) is 0 Å². The molecule has 3 atom stereocenters. The fourth-order valence-electron chi connectivity index (χ4n) is 3.15. The smallest absolute Gasteiger partial charge is 0.243 e. The number of hydrogen-bond donors (Lipinski definition) is 6. The highest BCUT2D eigenvalue weighted by Crippen LogP contribution is 2.06. The van der Waals surface area contributed by atoms with Gasteiger partial charge in [0.1, 0.15) is 6.04 Å². The third kappa shape index (κ3) is 14.3. The van der Waals surface area contributed by atoms with E-state index in [1.54, 1.807) is 0 Å². The van der Waals surface area contributed by atoms with Crippen LogP contribution in [0.25, 0.3) is 0 Å². The zero-order chi connectivity index (χ0) is 28.7. The van der Waals surface area contributed by atoms with Crippen molar-refractivity contribution >= 4 is 35.3 Å². The highest BCUT2D eigenvalue weighted by Gasteiger charge is 2.27. The first-order valence-electron chi connectivity index (χ1n) is 11.9. The summed E-state index contributed by atoms with van der Waals surface area (Å²) in [6.45, 7) is 4.58. The summed E-state index contributed by atoms with van der Waals surface area (Å²) in [5, 5.41) is 34.9. The highest BCUT2D eigenvalue weighted by atomic mass is 16.5. The molecule has 0 fully saturated rings. The van der Waals surface area contributed by atoms with E-state index in [9.17, 15) is 44.4 Å². The Balaban J connectivity index is 5.22. The summed E-state index contributed by atoms with van der Waals surface area (Å²) < 4.78 is 0. The van der Waals surface area contributed by atoms with Gasteiger partial charge in [0.25, 0.3) is 0 Å². The topological polar surface area (TPSA) is 223 Å². The van der Waals surface area contributed by atoms with Crippen LogP contribution in [0.4, 0.5) is 0 Å². The van der Waals surface area contributed by atoms with Crippen molar-refractivity contribution in [3.05, 3.63) is 0 Å². The van der Waals surface area contributed by atoms with Gasteiger partial charge < -0.3 is 16.4 Å². The van der Waals surface area contributed by atoms with E-state index in [1.165, 1.54) is 20.8 Å². The van der Waals surface area contributed by atoms with Crippen LogP contribution < -0.4 is 16.4 Å². The summed E-state index contributed by atoms with van der Waals surface area (Å²) in [6.07, 6.45) is 0.779. The van der Waals surface area contributed by atoms with Gasteiger partial charge in [0.15, 0.2) is 5.78 Å². The van der Waals surface area contributed by atoms with Crippen molar-refractivity contribution in [2.75, 3.05) is 19.6 Å². The normalized spacial score (nSPS) is 13.1. The van der Waals surface area contributed by atoms with Crippen molar-refractivity contribution in [1.82, 2.24) is 25.8 Å². The first-order valence-corrected chi connectivity index (χ1v) is 11.9. The Hall–Kier alpha value is -3.14. The molecule has 0 spiro atoms. The Labute approximate surface area is 215 Å². The van der Waals surface area contributed by atoms with E-state index in [2.05, 4.69) is 10.6 Å². The van der Waals surface area contributed by atoms with Gasteiger partial charge in [-0.25, -0.2) is 15.2 Å². The predicted octanol–water partition coefficient (Wildman–Crippen LogP) is -1.07. The van der Waals surface area contributed by atoms with Crippen LogP contribution in [0.5, 0.6) is 0 Å². The number of nitrogens with zero attached hydrogens (tertiary/aromatic N) is 3. The molecule has 0 aliphatic carbocycles. The molecule has 0 radical (unpaired) electrons. The Morgan fingerprint density at radius 2 is 0.973 bits per heavy atom. The van der Waals surface area contributed by atoms with Crippen molar-refractivity contribution in [1.29, 1.82) is 0 Å². The molecule has 15 nitrogen and oxygen atoms in total. The molecule has 5 amide bonds. The molecule has 212 valence electrons. The summed E-state index contributed by atoms with van der Waals surface area (Å²) in [5.41, 5.74) is 5.88. The SMILES string of the molecule is CC(=O)C(CCCN(O)C(C)=O)NC(=O)C(CCCN(O)C(C)=O)NC(=O)C(N)CCCN(O)C(C)=O. The maximum atomic E-state index is 13.0. The minimum atomic E-state index is -1.15. The van der Waals surface area contributed by atoms with E-state index in [-0.39, 0.29) is 63.9 Å². The first kappa shape index (κ1) is 33.9. The molecule has 0 aromatic heterocycles. The lowest BCUT2D eigenvalue weighted by Crippen LogP contribution is -2.54. The Kier molecular flexibility index (Phi) is 15.9. The van der Waals surface area contributed by atoms with Gasteiger partial charge in [0.05, 0.1) is 12.1 Å². The van der Waals surface area contributed by atoms with E-state index in [1.807, 2.05) is 0 Å². The molecule has 0 aliphatic heterocycles. The van der Waals surface area contributed by atoms with Crippen LogP contribution in [0.2, 0.25) is 0 Å². The minimum absolute atomic E-state index is 0.00274. The second-order valence-corrected chi connectivity index (χ2v) is 8.69. The van der Waals surface area contributed by atoms with Gasteiger partial charge in [0.2, 0.25) is 29.5 Å². The zero-order valence-corrected chi connectivity index (χ0v) is 21.8. The Bertz CT molecular complexity index is 810. The van der Waals surface area contributed by atoms with E-state index in [4.69, 9.17) is 5.73 Å². The minimum Gasteiger partial charge on any atom is -0.345 e. The van der Waals surface area contributed by atoms with Crippen molar-refractivity contribution < 1.29 is 44.4 Å². The largest absolute Gasteiger partial charge is 0.345 e. The molecular weight excluding hydrogens is 492 g/mol. The number of carbonyl (C=O) groups is 6. The van der Waals surface area contributed by atoms with E-state index >= 15 is 0 Å². The molecule has 0 heterocycles. The number of nitrogens with one attached hydrogen (secondary N) is 2. The summed E-state index contributed by atoms with van der Waals surface area (Å²) in [4.78, 5) is 71.0. The second kappa shape index (κ2) is 17.3. The number of carbonyl (C=O) groups excluding carboxylic acids is 6. The van der Waals surface area contributed by atoms with Crippen LogP contribution in [0.1, 0.15) is 66.2 Å². The Morgan fingerprint density at radius 3 is 1.35 bits per heavy atom. The average Bonchev–Trinajstić information content (AvgIpc) is 2.81. The third-order valence-electron chi connectivity index (χ3n) is 5.48. The number of nitrogens with two attached hydrogens (primary N) is 1. The lowest BCUT2D eigenvalue weighted by atomic mass is 10.0. The number of ketones is 1. The molecule has 0 bridgehead atoms. The molecule has 0 saturated carbocycles. The maximum absolute atomic E-state index is 13.0. The molecule has 0 aromatic rings. The quantitative estimate of drug-likeness (QED) is 0.0982. The predicted molar refractivity (Wildman–Crippen MR) is 128 cm³/mol. The lowest BCUT2D eigenvalue weighted by Gasteiger charge is -2.24. The standard InChI is InChI=1S/C22H40N6O9/c1-14(29)19(9-6-12-27(36)16(3)31)24-22(34)20(10-7-13-28(37)17(4)32)25-21(33)18(23)8-5-11-26(35)15(2)30/h18-20,35-37H,5-13,23H2,1-4H3,(H,24,34)(H,25,33). The van der Waals surface area contributed by atoms with Gasteiger partial charge in [0, 0.05) is 40.4 Å². The Morgan fingerprint density at radius 1 is 0.622 bits per heavy atom. The summed E-state index contributed by atoms with van der Waals surface area (Å²) >= 11 is 0. The highest BCUT2D eigenvalue weighted by molar-refractivity contribution is 5.93. The number of Topliss-reactive ketones (excluding diaryl/α,β-unsaturated/α-hetero) is 1. The van der Waals surface area contributed by atoms with Crippen LogP contribution in [0.3, 0.4) is 0 Å². The van der Waals surface area contributed by atoms with E-state index in [0.717, 1.165) is 6.92 Å². The third-order valence-corrected chi connectivity index (χ3v) is 5.48. The molecule has 3 unspecified atom stereocenters. The number of amides is 5. The fourth-order valence-corrected chi connectivity index (χ4v) is 3.15. The lowest BCUT2D eigenvalue weighted by molar-refractivity contribution is -0.163. The average molecular weight is 533 g/mol. The van der Waals surface area contributed by atoms with Crippen molar-refractivity contribution in [2.45, 2.75) is 84.3 Å². The van der Waals surface area contributed by atoms with Crippen molar-refractivity contribution in [3.8, 4) is 0 Å². The molecule has 15 heteroatoms. The maximum Gasteiger partial charge on any atom is 0.243 e. The fraction of sp³-hybridized carbons (Fsp3) is 0.727. The zero-order valence-electron chi connectivity index (χ0n) is 21.8. The number of rotatable bonds is 17. The van der Waals surface area contributed by atoms with Gasteiger partial charge in [-0.3, -0.25) is 44.4 Å². The van der Waals surface area contributed by atoms with Gasteiger partial charge in [-0.15, -0.1) is 0 Å². The van der Waals surface area contributed by atoms with Crippen LogP contribution >= 0.6 is 0 Å².